The second-order valence-electron chi connectivity index (χ2n) is 23.9. The molecule has 2 aliphatic heterocycles. The van der Waals surface area contributed by atoms with Crippen molar-refractivity contribution in [1.82, 2.24) is 5.32 Å². The molecule has 508 valence electrons. The molecule has 0 aromatic rings. The van der Waals surface area contributed by atoms with E-state index in [0.717, 1.165) is 116 Å². The molecule has 0 radical (unpaired) electrons. The molecule has 0 bridgehead atoms. The van der Waals surface area contributed by atoms with Gasteiger partial charge in [0, 0.05) is 6.42 Å². The van der Waals surface area contributed by atoms with Crippen molar-refractivity contribution >= 4 is 5.91 Å². The molecular formula is C75H125NO13. The maximum atomic E-state index is 13.3. The van der Waals surface area contributed by atoms with Crippen molar-refractivity contribution in [2.75, 3.05) is 19.8 Å². The van der Waals surface area contributed by atoms with Crippen LogP contribution in [0.3, 0.4) is 0 Å². The Morgan fingerprint density at radius 2 is 0.787 bits per heavy atom. The van der Waals surface area contributed by atoms with Gasteiger partial charge in [-0.05, 0) is 103 Å². The molecule has 0 saturated carbocycles. The van der Waals surface area contributed by atoms with Crippen LogP contribution in [0.5, 0.6) is 0 Å². The van der Waals surface area contributed by atoms with Gasteiger partial charge in [-0.2, -0.15) is 0 Å². The molecule has 2 heterocycles. The van der Waals surface area contributed by atoms with Crippen LogP contribution in [0, 0.1) is 0 Å². The Balaban J connectivity index is 1.70. The van der Waals surface area contributed by atoms with Crippen LogP contribution in [0.25, 0.3) is 0 Å². The Morgan fingerprint density at radius 1 is 0.416 bits per heavy atom. The van der Waals surface area contributed by atoms with E-state index in [1.165, 1.54) is 89.9 Å². The topological polar surface area (TPSA) is 228 Å². The highest BCUT2D eigenvalue weighted by Gasteiger charge is 2.51. The number of carbonyl (C=O) groups excluding carboxylic acids is 1. The third kappa shape index (κ3) is 42.1. The van der Waals surface area contributed by atoms with E-state index in [4.69, 9.17) is 18.9 Å². The molecule has 89 heavy (non-hydrogen) atoms. The summed E-state index contributed by atoms with van der Waals surface area (Å²) < 4.78 is 22.8. The SMILES string of the molecule is CC/C=C\C/C=C\C/C=C\C/C=C\C/C=C\C/C=C\C/C=C\C/C=C\C/C=C\CCCCCCCCCC(=O)NC(COC1OC(CO)C(OC2OC(CO)C(O)C(O)C2O)C(O)C1O)C(O)/C=C/CC/C=C/CCCCCCCCCCCCCCCC. The minimum absolute atomic E-state index is 0.252. The summed E-state index contributed by atoms with van der Waals surface area (Å²) in [4.78, 5) is 13.3. The van der Waals surface area contributed by atoms with Gasteiger partial charge in [-0.3, -0.25) is 4.79 Å². The van der Waals surface area contributed by atoms with E-state index >= 15 is 0 Å². The molecule has 2 fully saturated rings. The van der Waals surface area contributed by atoms with Crippen LogP contribution in [-0.4, -0.2) is 140 Å². The van der Waals surface area contributed by atoms with Crippen LogP contribution in [0.4, 0.5) is 0 Å². The summed E-state index contributed by atoms with van der Waals surface area (Å²) in [6.07, 6.45) is 69.2. The van der Waals surface area contributed by atoms with Crippen molar-refractivity contribution in [2.45, 2.75) is 312 Å². The summed E-state index contributed by atoms with van der Waals surface area (Å²) in [5.74, 6) is -0.265. The van der Waals surface area contributed by atoms with Gasteiger partial charge in [-0.25, -0.2) is 0 Å². The fourth-order valence-corrected chi connectivity index (χ4v) is 10.5. The summed E-state index contributed by atoms with van der Waals surface area (Å²) in [6.45, 7) is 2.66. The summed E-state index contributed by atoms with van der Waals surface area (Å²) in [7, 11) is 0. The van der Waals surface area contributed by atoms with E-state index in [9.17, 15) is 45.6 Å². The van der Waals surface area contributed by atoms with Crippen molar-refractivity contribution in [1.29, 1.82) is 0 Å². The number of nitrogens with one attached hydrogen (secondary N) is 1. The average Bonchev–Trinajstić information content (AvgIpc) is 3.62. The molecule has 2 aliphatic rings. The van der Waals surface area contributed by atoms with Gasteiger partial charge in [-0.1, -0.05) is 263 Å². The second-order valence-corrected chi connectivity index (χ2v) is 23.9. The van der Waals surface area contributed by atoms with E-state index in [1.54, 1.807) is 6.08 Å². The highest BCUT2D eigenvalue weighted by Crippen LogP contribution is 2.30. The zero-order valence-corrected chi connectivity index (χ0v) is 55.1. The molecule has 12 unspecified atom stereocenters. The summed E-state index contributed by atoms with van der Waals surface area (Å²) >= 11 is 0. The van der Waals surface area contributed by atoms with Gasteiger partial charge in [0.05, 0.1) is 32.0 Å². The number of hydrogen-bond acceptors (Lipinski definition) is 13. The predicted octanol–water partition coefficient (Wildman–Crippen LogP) is 14.3. The van der Waals surface area contributed by atoms with Crippen LogP contribution in [0.2, 0.25) is 0 Å². The lowest BCUT2D eigenvalue weighted by molar-refractivity contribution is -0.359. The molecule has 1 amide bonds. The number of amides is 1. The molecular weight excluding hydrogens is 1120 g/mol. The molecule has 0 aromatic carbocycles. The molecule has 0 spiro atoms. The lowest BCUT2D eigenvalue weighted by Crippen LogP contribution is -2.65. The fraction of sp³-hybridized carbons (Fsp3) is 0.693. The third-order valence-corrected chi connectivity index (χ3v) is 16.1. The van der Waals surface area contributed by atoms with Gasteiger partial charge in [-0.15, -0.1) is 0 Å². The van der Waals surface area contributed by atoms with Gasteiger partial charge in [0.25, 0.3) is 0 Å². The lowest BCUT2D eigenvalue weighted by Gasteiger charge is -2.46. The van der Waals surface area contributed by atoms with Gasteiger partial charge < -0.3 is 65.1 Å². The van der Waals surface area contributed by atoms with E-state index < -0.39 is 86.8 Å². The van der Waals surface area contributed by atoms with E-state index in [1.807, 2.05) is 6.08 Å². The Labute approximate surface area is 539 Å². The Bertz CT molecular complexity index is 2010. The molecule has 0 aromatic heterocycles. The number of unbranched alkanes of at least 4 members (excludes halogenated alkanes) is 22. The number of allylic oxidation sites excluding steroid dienone is 21. The maximum Gasteiger partial charge on any atom is 0.220 e. The highest BCUT2D eigenvalue weighted by atomic mass is 16.7. The number of rotatable bonds is 55. The molecule has 2 saturated heterocycles. The third-order valence-electron chi connectivity index (χ3n) is 16.1. The monoisotopic (exact) mass is 1250 g/mol. The van der Waals surface area contributed by atoms with Crippen molar-refractivity contribution in [3.8, 4) is 0 Å². The standard InChI is InChI=1S/C75H125NO13/c1-3-5-7-9-11-13-15-17-19-21-23-25-26-27-28-29-30-31-32-33-34-35-36-37-38-39-41-43-45-47-49-51-53-55-57-59-67(80)76-63(64(79)58-56-54-52-50-48-46-44-42-40-24-22-20-18-16-14-12-10-8-6-4-2)62-86-74-72(85)70(83)73(66(61-78)88-74)89-75-71(84)69(82)68(81)65(60-77)87-75/h5,7,11,13,17,19,23,25,27-28,30-31,33-34,36-37,39,41,48,50,56,58,63-66,68-75,77-79,81-85H,3-4,6,8-10,12,14-16,18,20-22,24,26,29,32,35,38,40,42-47,49,51-55,57,59-62H2,1-2H3,(H,76,80)/b7-5-,13-11-,19-17-,25-23-,28-27-,31-30-,34-33-,37-36-,41-39-,50-48+,58-56+. The first kappa shape index (κ1) is 81.2. The van der Waals surface area contributed by atoms with Gasteiger partial charge in [0.1, 0.15) is 48.8 Å². The van der Waals surface area contributed by atoms with Crippen LogP contribution < -0.4 is 5.32 Å². The lowest BCUT2D eigenvalue weighted by atomic mass is 9.97. The normalized spacial score (nSPS) is 23.9. The smallest absolute Gasteiger partial charge is 0.220 e. The molecule has 12 atom stereocenters. The Morgan fingerprint density at radius 3 is 1.24 bits per heavy atom. The van der Waals surface area contributed by atoms with E-state index in [0.29, 0.717) is 12.8 Å². The Hall–Kier alpha value is -3.87. The molecule has 14 nitrogen and oxygen atoms in total. The van der Waals surface area contributed by atoms with Crippen LogP contribution in [0.1, 0.15) is 239 Å². The van der Waals surface area contributed by atoms with Crippen molar-refractivity contribution < 1.29 is 64.6 Å². The van der Waals surface area contributed by atoms with Crippen molar-refractivity contribution in [2.24, 2.45) is 0 Å². The summed E-state index contributed by atoms with van der Waals surface area (Å²) in [5, 5.41) is 87.4. The molecule has 9 N–H and O–H groups in total. The van der Waals surface area contributed by atoms with Gasteiger partial charge in [0.15, 0.2) is 12.6 Å². The number of aliphatic hydroxyl groups excluding tert-OH is 8. The predicted molar refractivity (Wildman–Crippen MR) is 364 cm³/mol. The Kier molecular flexibility index (Phi) is 52.9. The first-order valence-electron chi connectivity index (χ1n) is 34.9. The van der Waals surface area contributed by atoms with Crippen molar-refractivity contribution in [3.63, 3.8) is 0 Å². The fourth-order valence-electron chi connectivity index (χ4n) is 10.5. The van der Waals surface area contributed by atoms with Crippen LogP contribution >= 0.6 is 0 Å². The molecule has 14 heteroatoms. The summed E-state index contributed by atoms with van der Waals surface area (Å²) in [6, 6.07) is -0.949. The van der Waals surface area contributed by atoms with Gasteiger partial charge in [0.2, 0.25) is 5.91 Å². The molecule has 0 aliphatic carbocycles. The van der Waals surface area contributed by atoms with E-state index in [2.05, 4.69) is 141 Å². The first-order valence-corrected chi connectivity index (χ1v) is 34.9. The molecule has 2 rings (SSSR count). The van der Waals surface area contributed by atoms with E-state index in [-0.39, 0.29) is 18.9 Å². The number of ether oxygens (including phenoxy) is 4. The maximum absolute atomic E-state index is 13.3. The van der Waals surface area contributed by atoms with Gasteiger partial charge >= 0.3 is 0 Å². The highest BCUT2D eigenvalue weighted by molar-refractivity contribution is 5.76. The second kappa shape index (κ2) is 58.0. The van der Waals surface area contributed by atoms with Crippen molar-refractivity contribution in [3.05, 3.63) is 134 Å². The number of aliphatic hydroxyl groups is 8. The number of carbonyl (C=O) groups is 1. The number of hydrogen-bond donors (Lipinski definition) is 9. The van der Waals surface area contributed by atoms with Crippen LogP contribution in [-0.2, 0) is 23.7 Å². The first-order chi connectivity index (χ1) is 43.6. The largest absolute Gasteiger partial charge is 0.394 e. The minimum Gasteiger partial charge on any atom is -0.394 e. The van der Waals surface area contributed by atoms with Crippen LogP contribution in [0.15, 0.2) is 134 Å². The quantitative estimate of drug-likeness (QED) is 0.0204. The zero-order chi connectivity index (χ0) is 64.5. The average molecular weight is 1250 g/mol. The summed E-state index contributed by atoms with van der Waals surface area (Å²) in [5.41, 5.74) is 0. The zero-order valence-electron chi connectivity index (χ0n) is 55.1. The minimum atomic E-state index is -1.80.